The maximum Gasteiger partial charge on any atom is 0.126 e. The van der Waals surface area contributed by atoms with E-state index in [9.17, 15) is 5.11 Å². The normalized spacial score (nSPS) is 15.4. The van der Waals surface area contributed by atoms with Crippen molar-refractivity contribution in [2.75, 3.05) is 18.5 Å². The topological polar surface area (TPSA) is 43.7 Å². The van der Waals surface area contributed by atoms with Crippen LogP contribution in [0.1, 0.15) is 17.5 Å². The van der Waals surface area contributed by atoms with Crippen LogP contribution in [0.5, 0.6) is 5.75 Å². The monoisotopic (exact) mass is 193 g/mol. The lowest BCUT2D eigenvalue weighted by atomic mass is 9.98. The Balaban J connectivity index is 2.52. The minimum absolute atomic E-state index is 0.0944. The zero-order valence-corrected chi connectivity index (χ0v) is 8.32. The predicted molar refractivity (Wildman–Crippen MR) is 55.6 cm³/mol. The molecule has 1 aromatic rings. The first-order valence-electron chi connectivity index (χ1n) is 4.89. The molecule has 1 aromatic carbocycles. The van der Waals surface area contributed by atoms with E-state index in [0.717, 1.165) is 30.6 Å². The molecule has 0 radical (unpaired) electrons. The Morgan fingerprint density at radius 3 is 2.93 bits per heavy atom. The van der Waals surface area contributed by atoms with Crippen LogP contribution in [0.3, 0.4) is 0 Å². The van der Waals surface area contributed by atoms with Gasteiger partial charge in [0.15, 0.2) is 0 Å². The second-order valence-corrected chi connectivity index (χ2v) is 3.75. The Morgan fingerprint density at radius 2 is 2.21 bits per heavy atom. The molecule has 0 aliphatic carbocycles. The lowest BCUT2D eigenvalue weighted by Crippen LogP contribution is -2.24. The van der Waals surface area contributed by atoms with E-state index < -0.39 is 0 Å². The standard InChI is InChI=1S/C11H15NO2/c1-12-6-2-3-9-10(12)5-4-8(7-13)11(9)14/h4-5,13-14H,2-3,6-7H2,1H3. The molecule has 2 rings (SSSR count). The summed E-state index contributed by atoms with van der Waals surface area (Å²) in [7, 11) is 2.02. The van der Waals surface area contributed by atoms with Crippen LogP contribution in [0.4, 0.5) is 5.69 Å². The number of aliphatic hydroxyl groups is 1. The molecular formula is C11H15NO2. The van der Waals surface area contributed by atoms with Crippen molar-refractivity contribution in [1.82, 2.24) is 0 Å². The fourth-order valence-corrected chi connectivity index (χ4v) is 2.02. The summed E-state index contributed by atoms with van der Waals surface area (Å²) in [6.45, 7) is 0.938. The summed E-state index contributed by atoms with van der Waals surface area (Å²) >= 11 is 0. The van der Waals surface area contributed by atoms with E-state index >= 15 is 0 Å². The molecule has 0 atom stereocenters. The van der Waals surface area contributed by atoms with Crippen LogP contribution in [0.2, 0.25) is 0 Å². The first-order valence-corrected chi connectivity index (χ1v) is 4.89. The SMILES string of the molecule is CN1CCCc2c1ccc(CO)c2O. The van der Waals surface area contributed by atoms with Crippen molar-refractivity contribution in [3.05, 3.63) is 23.3 Å². The summed E-state index contributed by atoms with van der Waals surface area (Å²) in [5.74, 6) is 0.275. The van der Waals surface area contributed by atoms with Crippen molar-refractivity contribution in [2.45, 2.75) is 19.4 Å². The van der Waals surface area contributed by atoms with E-state index in [1.54, 1.807) is 6.07 Å². The third-order valence-corrected chi connectivity index (χ3v) is 2.84. The van der Waals surface area contributed by atoms with Gasteiger partial charge in [-0.15, -0.1) is 0 Å². The van der Waals surface area contributed by atoms with Crippen LogP contribution in [0.25, 0.3) is 0 Å². The largest absolute Gasteiger partial charge is 0.507 e. The van der Waals surface area contributed by atoms with Gasteiger partial charge < -0.3 is 15.1 Å². The minimum atomic E-state index is -0.0944. The van der Waals surface area contributed by atoms with Crippen LogP contribution in [0.15, 0.2) is 12.1 Å². The smallest absolute Gasteiger partial charge is 0.126 e. The number of aromatic hydroxyl groups is 1. The highest BCUT2D eigenvalue weighted by molar-refractivity contribution is 5.62. The van der Waals surface area contributed by atoms with E-state index in [2.05, 4.69) is 4.90 Å². The Morgan fingerprint density at radius 1 is 1.43 bits per heavy atom. The molecule has 3 heteroatoms. The van der Waals surface area contributed by atoms with Gasteiger partial charge >= 0.3 is 0 Å². The average Bonchev–Trinajstić information content (AvgIpc) is 2.20. The van der Waals surface area contributed by atoms with E-state index in [4.69, 9.17) is 5.11 Å². The van der Waals surface area contributed by atoms with Crippen molar-refractivity contribution in [1.29, 1.82) is 0 Å². The molecule has 0 unspecified atom stereocenters. The molecule has 1 heterocycles. The van der Waals surface area contributed by atoms with Crippen molar-refractivity contribution in [3.8, 4) is 5.75 Å². The highest BCUT2D eigenvalue weighted by Gasteiger charge is 2.18. The molecule has 3 nitrogen and oxygen atoms in total. The van der Waals surface area contributed by atoms with Gasteiger partial charge in [-0.1, -0.05) is 6.07 Å². The molecular weight excluding hydrogens is 178 g/mol. The van der Waals surface area contributed by atoms with E-state index in [0.29, 0.717) is 5.56 Å². The number of hydrogen-bond donors (Lipinski definition) is 2. The minimum Gasteiger partial charge on any atom is -0.507 e. The van der Waals surface area contributed by atoms with Crippen LogP contribution in [-0.2, 0) is 13.0 Å². The van der Waals surface area contributed by atoms with Gasteiger partial charge in [0.25, 0.3) is 0 Å². The molecule has 14 heavy (non-hydrogen) atoms. The number of nitrogens with zero attached hydrogens (tertiary/aromatic N) is 1. The molecule has 1 aliphatic heterocycles. The Labute approximate surface area is 83.6 Å². The summed E-state index contributed by atoms with van der Waals surface area (Å²) < 4.78 is 0. The molecule has 76 valence electrons. The van der Waals surface area contributed by atoms with Crippen molar-refractivity contribution >= 4 is 5.69 Å². The summed E-state index contributed by atoms with van der Waals surface area (Å²) in [5.41, 5.74) is 2.69. The van der Waals surface area contributed by atoms with E-state index in [-0.39, 0.29) is 12.4 Å². The van der Waals surface area contributed by atoms with Gasteiger partial charge in [-0.05, 0) is 18.9 Å². The number of fused-ring (bicyclic) bond motifs is 1. The Kier molecular flexibility index (Phi) is 2.33. The van der Waals surface area contributed by atoms with Crippen LogP contribution >= 0.6 is 0 Å². The average molecular weight is 193 g/mol. The molecule has 0 amide bonds. The van der Waals surface area contributed by atoms with E-state index in [1.165, 1.54) is 0 Å². The molecule has 0 saturated heterocycles. The molecule has 0 fully saturated rings. The second-order valence-electron chi connectivity index (χ2n) is 3.75. The summed E-state index contributed by atoms with van der Waals surface area (Å²) in [6, 6.07) is 3.76. The van der Waals surface area contributed by atoms with Crippen molar-refractivity contribution < 1.29 is 10.2 Å². The number of rotatable bonds is 1. The van der Waals surface area contributed by atoms with Gasteiger partial charge in [-0.25, -0.2) is 0 Å². The molecule has 2 N–H and O–H groups in total. The number of anilines is 1. The molecule has 0 saturated carbocycles. The maximum atomic E-state index is 9.87. The molecule has 1 aliphatic rings. The molecule has 0 aromatic heterocycles. The second kappa shape index (κ2) is 3.50. The van der Waals surface area contributed by atoms with Crippen LogP contribution < -0.4 is 4.90 Å². The van der Waals surface area contributed by atoms with Gasteiger partial charge in [0.2, 0.25) is 0 Å². The summed E-state index contributed by atoms with van der Waals surface area (Å²) in [5, 5.41) is 18.9. The van der Waals surface area contributed by atoms with Gasteiger partial charge in [-0.3, -0.25) is 0 Å². The lowest BCUT2D eigenvalue weighted by Gasteiger charge is -2.28. The highest BCUT2D eigenvalue weighted by atomic mass is 16.3. The van der Waals surface area contributed by atoms with Gasteiger partial charge in [0.05, 0.1) is 6.61 Å². The highest BCUT2D eigenvalue weighted by Crippen LogP contribution is 2.35. The first kappa shape index (κ1) is 9.34. The zero-order chi connectivity index (χ0) is 10.1. The quantitative estimate of drug-likeness (QED) is 0.706. The zero-order valence-electron chi connectivity index (χ0n) is 8.32. The lowest BCUT2D eigenvalue weighted by molar-refractivity contribution is 0.275. The fraction of sp³-hybridized carbons (Fsp3) is 0.455. The summed E-state index contributed by atoms with van der Waals surface area (Å²) in [6.07, 6.45) is 1.96. The first-order chi connectivity index (χ1) is 6.74. The summed E-state index contributed by atoms with van der Waals surface area (Å²) in [4.78, 5) is 2.14. The predicted octanol–water partition coefficient (Wildman–Crippen LogP) is 1.27. The van der Waals surface area contributed by atoms with Gasteiger partial charge in [-0.2, -0.15) is 0 Å². The number of aliphatic hydroxyl groups excluding tert-OH is 1. The number of benzene rings is 1. The number of phenols is 1. The van der Waals surface area contributed by atoms with Crippen molar-refractivity contribution in [2.24, 2.45) is 0 Å². The molecule has 0 bridgehead atoms. The van der Waals surface area contributed by atoms with E-state index in [1.807, 2.05) is 13.1 Å². The van der Waals surface area contributed by atoms with Gasteiger partial charge in [0, 0.05) is 30.4 Å². The van der Waals surface area contributed by atoms with Crippen LogP contribution in [0, 0.1) is 0 Å². The van der Waals surface area contributed by atoms with Gasteiger partial charge in [0.1, 0.15) is 5.75 Å². The molecule has 0 spiro atoms. The third kappa shape index (κ3) is 1.34. The van der Waals surface area contributed by atoms with Crippen molar-refractivity contribution in [3.63, 3.8) is 0 Å². The fourth-order valence-electron chi connectivity index (χ4n) is 2.02. The Hall–Kier alpha value is -1.22. The Bertz CT molecular complexity index is 349. The third-order valence-electron chi connectivity index (χ3n) is 2.84. The number of hydrogen-bond acceptors (Lipinski definition) is 3. The van der Waals surface area contributed by atoms with Crippen LogP contribution in [-0.4, -0.2) is 23.8 Å². The maximum absolute atomic E-state index is 9.87.